The molecular formula is C26H21Cl2N5O4S2. The number of benzene rings is 3. The summed E-state index contributed by atoms with van der Waals surface area (Å²) in [5.41, 5.74) is 3.20. The molecular weight excluding hydrogens is 581 g/mol. The summed E-state index contributed by atoms with van der Waals surface area (Å²) in [7, 11) is -7.91. The number of halogens is 2. The van der Waals surface area contributed by atoms with Crippen molar-refractivity contribution in [2.75, 3.05) is 11.3 Å². The van der Waals surface area contributed by atoms with Gasteiger partial charge in [-0.25, -0.2) is 21.8 Å². The van der Waals surface area contributed by atoms with E-state index in [0.717, 1.165) is 17.0 Å². The van der Waals surface area contributed by atoms with Gasteiger partial charge in [0, 0.05) is 30.1 Å². The predicted molar refractivity (Wildman–Crippen MR) is 151 cm³/mol. The Kier molecular flexibility index (Phi) is 6.43. The Labute approximate surface area is 234 Å². The van der Waals surface area contributed by atoms with Gasteiger partial charge in [-0.3, -0.25) is 4.72 Å². The van der Waals surface area contributed by atoms with Crippen LogP contribution in [0, 0.1) is 0 Å². The second-order valence-electron chi connectivity index (χ2n) is 9.02. The van der Waals surface area contributed by atoms with Gasteiger partial charge in [0.2, 0.25) is 10.0 Å². The van der Waals surface area contributed by atoms with Gasteiger partial charge >= 0.3 is 0 Å². The maximum atomic E-state index is 13.4. The Morgan fingerprint density at radius 3 is 2.33 bits per heavy atom. The summed E-state index contributed by atoms with van der Waals surface area (Å²) in [6.07, 6.45) is 1.98. The average molecular weight is 603 g/mol. The summed E-state index contributed by atoms with van der Waals surface area (Å²) in [4.78, 5) is 10.7. The maximum absolute atomic E-state index is 13.4. The van der Waals surface area contributed by atoms with Crippen LogP contribution in [0.3, 0.4) is 0 Å². The average Bonchev–Trinajstić information content (AvgIpc) is 3.55. The number of rotatable bonds is 6. The van der Waals surface area contributed by atoms with Gasteiger partial charge in [0.1, 0.15) is 5.82 Å². The Hall–Kier alpha value is -3.35. The second kappa shape index (κ2) is 9.68. The number of hydrogen-bond acceptors (Lipinski definition) is 5. The number of nitrogens with zero attached hydrogens (tertiary/aromatic N) is 2. The van der Waals surface area contributed by atoms with Crippen molar-refractivity contribution < 1.29 is 16.8 Å². The molecule has 1 aliphatic rings. The first-order valence-corrected chi connectivity index (χ1v) is 15.5. The molecule has 6 rings (SSSR count). The zero-order valence-corrected chi connectivity index (χ0v) is 23.3. The topological polar surface area (TPSA) is 128 Å². The normalized spacial score (nSPS) is 14.4. The molecule has 0 aliphatic carbocycles. The number of anilines is 1. The third-order valence-electron chi connectivity index (χ3n) is 6.60. The smallest absolute Gasteiger partial charge is 0.261 e. The van der Waals surface area contributed by atoms with E-state index >= 15 is 0 Å². The molecule has 1 aliphatic heterocycles. The van der Waals surface area contributed by atoms with E-state index in [4.69, 9.17) is 23.2 Å². The van der Waals surface area contributed by atoms with Gasteiger partial charge in [-0.1, -0.05) is 53.5 Å². The van der Waals surface area contributed by atoms with Crippen molar-refractivity contribution in [1.82, 2.24) is 19.3 Å². The molecule has 0 amide bonds. The fourth-order valence-corrected chi connectivity index (χ4v) is 7.64. The van der Waals surface area contributed by atoms with E-state index in [1.165, 1.54) is 40.8 Å². The summed E-state index contributed by atoms with van der Waals surface area (Å²) in [6.45, 7) is 0.408. The van der Waals surface area contributed by atoms with E-state index in [-0.39, 0.29) is 28.6 Å². The van der Waals surface area contributed by atoms with Crippen LogP contribution in [0.1, 0.15) is 11.4 Å². The predicted octanol–water partition coefficient (Wildman–Crippen LogP) is 5.41. The summed E-state index contributed by atoms with van der Waals surface area (Å²) in [6, 6.07) is 17.8. The minimum Gasteiger partial charge on any atom is -0.358 e. The molecule has 0 unspecified atom stereocenters. The molecule has 0 saturated carbocycles. The molecule has 13 heteroatoms. The lowest BCUT2D eigenvalue weighted by Crippen LogP contribution is -2.36. The fourth-order valence-electron chi connectivity index (χ4n) is 4.60. The molecule has 3 N–H and O–H groups in total. The molecule has 2 aromatic heterocycles. The zero-order valence-electron chi connectivity index (χ0n) is 20.1. The van der Waals surface area contributed by atoms with Crippen LogP contribution >= 0.6 is 23.2 Å². The first-order valence-electron chi connectivity index (χ1n) is 11.8. The number of sulfonamides is 2. The number of imidazole rings is 1. The van der Waals surface area contributed by atoms with Gasteiger partial charge in [-0.2, -0.15) is 4.31 Å². The third kappa shape index (κ3) is 4.70. The van der Waals surface area contributed by atoms with Gasteiger partial charge in [0.25, 0.3) is 10.0 Å². The highest BCUT2D eigenvalue weighted by atomic mass is 35.5. The van der Waals surface area contributed by atoms with Crippen molar-refractivity contribution in [2.24, 2.45) is 0 Å². The van der Waals surface area contributed by atoms with Gasteiger partial charge in [0.05, 0.1) is 49.0 Å². The number of nitrogens with one attached hydrogen (secondary N) is 3. The van der Waals surface area contributed by atoms with Crippen molar-refractivity contribution in [3.8, 4) is 11.4 Å². The Balaban J connectivity index is 1.22. The van der Waals surface area contributed by atoms with Gasteiger partial charge < -0.3 is 9.97 Å². The number of aromatic nitrogens is 3. The third-order valence-corrected chi connectivity index (χ3v) is 10.5. The molecule has 0 bridgehead atoms. The molecule has 3 aromatic carbocycles. The molecule has 3 heterocycles. The summed E-state index contributed by atoms with van der Waals surface area (Å²) >= 11 is 12.4. The molecule has 0 atom stereocenters. The van der Waals surface area contributed by atoms with Crippen LogP contribution in [-0.2, 0) is 33.0 Å². The minimum atomic E-state index is -4.04. The Morgan fingerprint density at radius 2 is 1.59 bits per heavy atom. The van der Waals surface area contributed by atoms with Crippen LogP contribution in [-0.4, -0.2) is 42.6 Å². The van der Waals surface area contributed by atoms with E-state index < -0.39 is 20.0 Å². The SMILES string of the molecule is O=S(=O)(Nc1ccc(Cl)c2c(Cl)c[nH]c12)c1ccc(S(=O)(=O)N2CCc3nc(-c4ccccc4)[nH]c3C2)cc1. The molecule has 200 valence electrons. The molecule has 9 nitrogen and oxygen atoms in total. The number of aromatic amines is 2. The highest BCUT2D eigenvalue weighted by Gasteiger charge is 2.31. The lowest BCUT2D eigenvalue weighted by molar-refractivity contribution is 0.385. The van der Waals surface area contributed by atoms with Crippen LogP contribution in [0.25, 0.3) is 22.3 Å². The van der Waals surface area contributed by atoms with Gasteiger partial charge in [-0.05, 0) is 36.4 Å². The molecule has 0 fully saturated rings. The van der Waals surface area contributed by atoms with Crippen LogP contribution in [0.4, 0.5) is 5.69 Å². The van der Waals surface area contributed by atoms with Crippen LogP contribution in [0.2, 0.25) is 10.0 Å². The van der Waals surface area contributed by atoms with E-state index in [1.807, 2.05) is 30.3 Å². The maximum Gasteiger partial charge on any atom is 0.261 e. The van der Waals surface area contributed by atoms with Crippen LogP contribution < -0.4 is 4.72 Å². The summed E-state index contributed by atoms with van der Waals surface area (Å²) in [5, 5.41) is 1.24. The fraction of sp³-hybridized carbons (Fsp3) is 0.115. The Morgan fingerprint density at radius 1 is 0.872 bits per heavy atom. The quantitative estimate of drug-likeness (QED) is 0.239. The van der Waals surface area contributed by atoms with Crippen LogP contribution in [0.15, 0.2) is 82.7 Å². The zero-order chi connectivity index (χ0) is 27.4. The van der Waals surface area contributed by atoms with Gasteiger partial charge in [-0.15, -0.1) is 0 Å². The Bertz CT molecular complexity index is 1920. The van der Waals surface area contributed by atoms with Crippen molar-refractivity contribution in [2.45, 2.75) is 22.8 Å². The van der Waals surface area contributed by atoms with E-state index in [1.54, 1.807) is 6.07 Å². The van der Waals surface area contributed by atoms with E-state index in [0.29, 0.717) is 33.2 Å². The van der Waals surface area contributed by atoms with Crippen LogP contribution in [0.5, 0.6) is 0 Å². The standard InChI is InChI=1S/C26H21Cl2N5O4S2/c27-19-10-11-22(25-24(19)20(28)14-29-25)32-38(34,35)17-6-8-18(9-7-17)39(36,37)33-13-12-21-23(15-33)31-26(30-21)16-4-2-1-3-5-16/h1-11,14,29,32H,12-13,15H2,(H,30,31). The van der Waals surface area contributed by atoms with Crippen molar-refractivity contribution in [1.29, 1.82) is 0 Å². The molecule has 5 aromatic rings. The first kappa shape index (κ1) is 25.9. The number of hydrogen-bond donors (Lipinski definition) is 3. The van der Waals surface area contributed by atoms with Gasteiger partial charge in [0.15, 0.2) is 0 Å². The van der Waals surface area contributed by atoms with E-state index in [2.05, 4.69) is 19.7 Å². The van der Waals surface area contributed by atoms with Crippen molar-refractivity contribution >= 4 is 59.8 Å². The highest BCUT2D eigenvalue weighted by Crippen LogP contribution is 2.35. The monoisotopic (exact) mass is 601 g/mol. The lowest BCUT2D eigenvalue weighted by atomic mass is 10.2. The summed E-state index contributed by atoms with van der Waals surface area (Å²) < 4.78 is 56.9. The molecule has 0 saturated heterocycles. The highest BCUT2D eigenvalue weighted by molar-refractivity contribution is 7.92. The number of H-pyrrole nitrogens is 2. The van der Waals surface area contributed by atoms with Crippen molar-refractivity contribution in [3.63, 3.8) is 0 Å². The molecule has 0 spiro atoms. The second-order valence-corrected chi connectivity index (χ2v) is 13.5. The minimum absolute atomic E-state index is 0.00210. The number of fused-ring (bicyclic) bond motifs is 2. The largest absolute Gasteiger partial charge is 0.358 e. The van der Waals surface area contributed by atoms with Crippen molar-refractivity contribution in [3.05, 3.63) is 94.4 Å². The first-order chi connectivity index (χ1) is 18.6. The molecule has 39 heavy (non-hydrogen) atoms. The summed E-state index contributed by atoms with van der Waals surface area (Å²) in [5.74, 6) is 0.696. The lowest BCUT2D eigenvalue weighted by Gasteiger charge is -2.25. The van der Waals surface area contributed by atoms with E-state index in [9.17, 15) is 16.8 Å². The molecule has 0 radical (unpaired) electrons.